The first-order valence-corrected chi connectivity index (χ1v) is 7.85. The third-order valence-electron chi connectivity index (χ3n) is 4.20. The second kappa shape index (κ2) is 5.44. The van der Waals surface area contributed by atoms with Gasteiger partial charge in [-0.2, -0.15) is 0 Å². The Kier molecular flexibility index (Phi) is 3.65. The zero-order chi connectivity index (χ0) is 14.1. The van der Waals surface area contributed by atoms with Crippen LogP contribution in [-0.4, -0.2) is 34.6 Å². The third-order valence-corrected chi connectivity index (χ3v) is 5.23. The van der Waals surface area contributed by atoms with Crippen molar-refractivity contribution >= 4 is 23.3 Å². The number of carboxylic acid groups (broad SMARTS) is 1. The zero-order valence-corrected chi connectivity index (χ0v) is 12.0. The standard InChI is InChI=1S/C14H18N2O3S/c17-13(18)9-1-2-11(7-9)15-14(19)16-5-3-12-10(8-16)4-6-20-12/h4,6,9,11H,1-3,5,7-8H2,(H,15,19)(H,17,18). The van der Waals surface area contributed by atoms with Crippen molar-refractivity contribution in [3.63, 3.8) is 0 Å². The summed E-state index contributed by atoms with van der Waals surface area (Å²) in [4.78, 5) is 26.4. The van der Waals surface area contributed by atoms with Gasteiger partial charge >= 0.3 is 12.0 Å². The van der Waals surface area contributed by atoms with Gasteiger partial charge in [-0.05, 0) is 42.7 Å². The molecule has 2 heterocycles. The van der Waals surface area contributed by atoms with Crippen LogP contribution < -0.4 is 5.32 Å². The average molecular weight is 294 g/mol. The molecule has 0 aromatic carbocycles. The van der Waals surface area contributed by atoms with Crippen molar-refractivity contribution in [1.29, 1.82) is 0 Å². The van der Waals surface area contributed by atoms with Crippen molar-refractivity contribution in [2.24, 2.45) is 5.92 Å². The number of carbonyl (C=O) groups is 2. The van der Waals surface area contributed by atoms with Crippen molar-refractivity contribution in [1.82, 2.24) is 10.2 Å². The summed E-state index contributed by atoms with van der Waals surface area (Å²) in [5.41, 5.74) is 1.24. The number of rotatable bonds is 2. The van der Waals surface area contributed by atoms with E-state index in [4.69, 9.17) is 5.11 Å². The van der Waals surface area contributed by atoms with Gasteiger partial charge in [-0.25, -0.2) is 4.79 Å². The van der Waals surface area contributed by atoms with Crippen LogP contribution in [0.15, 0.2) is 11.4 Å². The zero-order valence-electron chi connectivity index (χ0n) is 11.2. The normalized spacial score (nSPS) is 25.3. The molecule has 0 bridgehead atoms. The Bertz CT molecular complexity index is 528. The van der Waals surface area contributed by atoms with Crippen molar-refractivity contribution < 1.29 is 14.7 Å². The lowest BCUT2D eigenvalue weighted by Gasteiger charge is -2.28. The minimum atomic E-state index is -0.748. The van der Waals surface area contributed by atoms with Gasteiger partial charge in [-0.15, -0.1) is 11.3 Å². The van der Waals surface area contributed by atoms with Crippen LogP contribution in [0.1, 0.15) is 29.7 Å². The highest BCUT2D eigenvalue weighted by Crippen LogP contribution is 2.27. The fraction of sp³-hybridized carbons (Fsp3) is 0.571. The van der Waals surface area contributed by atoms with E-state index in [-0.39, 0.29) is 18.0 Å². The van der Waals surface area contributed by atoms with Gasteiger partial charge in [0, 0.05) is 24.0 Å². The largest absolute Gasteiger partial charge is 0.481 e. The molecule has 1 aliphatic heterocycles. The average Bonchev–Trinajstić information content (AvgIpc) is 3.05. The molecule has 2 N–H and O–H groups in total. The maximum absolute atomic E-state index is 12.2. The van der Waals surface area contributed by atoms with Gasteiger partial charge in [0.2, 0.25) is 0 Å². The van der Waals surface area contributed by atoms with E-state index in [1.165, 1.54) is 10.4 Å². The van der Waals surface area contributed by atoms with Crippen LogP contribution in [-0.2, 0) is 17.8 Å². The van der Waals surface area contributed by atoms with E-state index in [0.29, 0.717) is 19.4 Å². The van der Waals surface area contributed by atoms with E-state index < -0.39 is 5.97 Å². The molecular weight excluding hydrogens is 276 g/mol. The van der Waals surface area contributed by atoms with E-state index in [2.05, 4.69) is 16.8 Å². The first-order chi connectivity index (χ1) is 9.63. The Morgan fingerprint density at radius 2 is 2.25 bits per heavy atom. The van der Waals surface area contributed by atoms with E-state index >= 15 is 0 Å². The summed E-state index contributed by atoms with van der Waals surface area (Å²) >= 11 is 1.75. The number of carboxylic acids is 1. The van der Waals surface area contributed by atoms with Crippen LogP contribution in [0.25, 0.3) is 0 Å². The molecule has 1 aromatic heterocycles. The summed E-state index contributed by atoms with van der Waals surface area (Å²) in [6.45, 7) is 1.41. The van der Waals surface area contributed by atoms with Crippen molar-refractivity contribution in [2.75, 3.05) is 6.54 Å². The minimum Gasteiger partial charge on any atom is -0.481 e. The first-order valence-electron chi connectivity index (χ1n) is 6.97. The molecule has 1 fully saturated rings. The second-order valence-corrected chi connectivity index (χ2v) is 6.54. The molecule has 3 rings (SSSR count). The number of aliphatic carboxylic acids is 1. The predicted octanol–water partition coefficient (Wildman–Crippen LogP) is 2.07. The minimum absolute atomic E-state index is 0.00692. The molecule has 1 saturated carbocycles. The lowest BCUT2D eigenvalue weighted by molar-refractivity contribution is -0.141. The summed E-state index contributed by atoms with van der Waals surface area (Å²) in [6, 6.07) is 2.03. The highest BCUT2D eigenvalue weighted by molar-refractivity contribution is 7.10. The molecule has 2 aliphatic rings. The number of urea groups is 1. The van der Waals surface area contributed by atoms with Gasteiger partial charge in [0.25, 0.3) is 0 Å². The summed E-state index contributed by atoms with van der Waals surface area (Å²) in [6.07, 6.45) is 2.90. The van der Waals surface area contributed by atoms with E-state index in [0.717, 1.165) is 19.4 Å². The van der Waals surface area contributed by atoms with Gasteiger partial charge in [-0.3, -0.25) is 4.79 Å². The summed E-state index contributed by atoms with van der Waals surface area (Å²) in [5.74, 6) is -1.05. The quantitative estimate of drug-likeness (QED) is 0.877. The third kappa shape index (κ3) is 2.65. The smallest absolute Gasteiger partial charge is 0.317 e. The number of nitrogens with zero attached hydrogens (tertiary/aromatic N) is 1. The maximum Gasteiger partial charge on any atom is 0.317 e. The van der Waals surface area contributed by atoms with Crippen LogP contribution in [0.4, 0.5) is 4.79 Å². The SMILES string of the molecule is O=C(O)C1CCC(NC(=O)N2CCc3sccc3C2)C1. The molecule has 0 radical (unpaired) electrons. The Balaban J connectivity index is 1.55. The molecule has 0 saturated heterocycles. The van der Waals surface area contributed by atoms with Gasteiger partial charge < -0.3 is 15.3 Å². The lowest BCUT2D eigenvalue weighted by atomic mass is 10.1. The number of hydrogen-bond acceptors (Lipinski definition) is 3. The summed E-state index contributed by atoms with van der Waals surface area (Å²) in [7, 11) is 0. The van der Waals surface area contributed by atoms with Crippen LogP contribution in [0.3, 0.4) is 0 Å². The molecule has 6 heteroatoms. The Labute approximate surface area is 121 Å². The summed E-state index contributed by atoms with van der Waals surface area (Å²) < 4.78 is 0. The molecule has 20 heavy (non-hydrogen) atoms. The fourth-order valence-corrected chi connectivity index (χ4v) is 3.91. The number of thiophene rings is 1. The topological polar surface area (TPSA) is 69.6 Å². The highest BCUT2D eigenvalue weighted by Gasteiger charge is 2.32. The molecule has 0 spiro atoms. The Hall–Kier alpha value is -1.56. The van der Waals surface area contributed by atoms with Crippen LogP contribution in [0, 0.1) is 5.92 Å². The van der Waals surface area contributed by atoms with Gasteiger partial charge in [0.05, 0.1) is 5.92 Å². The first kappa shape index (κ1) is 13.4. The van der Waals surface area contributed by atoms with Crippen LogP contribution >= 0.6 is 11.3 Å². The number of amides is 2. The second-order valence-electron chi connectivity index (χ2n) is 5.54. The highest BCUT2D eigenvalue weighted by atomic mass is 32.1. The molecule has 1 aliphatic carbocycles. The van der Waals surface area contributed by atoms with E-state index in [9.17, 15) is 9.59 Å². The number of nitrogens with one attached hydrogen (secondary N) is 1. The fourth-order valence-electron chi connectivity index (χ4n) is 3.02. The molecule has 2 atom stereocenters. The van der Waals surface area contributed by atoms with Crippen LogP contribution in [0.2, 0.25) is 0 Å². The molecule has 2 amide bonds. The molecule has 2 unspecified atom stereocenters. The van der Waals surface area contributed by atoms with Crippen molar-refractivity contribution in [2.45, 2.75) is 38.3 Å². The van der Waals surface area contributed by atoms with Gasteiger partial charge in [-0.1, -0.05) is 0 Å². The van der Waals surface area contributed by atoms with E-state index in [1.54, 1.807) is 11.3 Å². The van der Waals surface area contributed by atoms with Crippen molar-refractivity contribution in [3.05, 3.63) is 21.9 Å². The maximum atomic E-state index is 12.2. The molecule has 108 valence electrons. The Morgan fingerprint density at radius 1 is 1.40 bits per heavy atom. The Morgan fingerprint density at radius 3 is 3.00 bits per heavy atom. The summed E-state index contributed by atoms with van der Waals surface area (Å²) in [5, 5.41) is 14.0. The monoisotopic (exact) mass is 294 g/mol. The van der Waals surface area contributed by atoms with Gasteiger partial charge in [0.1, 0.15) is 0 Å². The predicted molar refractivity (Wildman–Crippen MR) is 75.7 cm³/mol. The molecule has 5 nitrogen and oxygen atoms in total. The number of hydrogen-bond donors (Lipinski definition) is 2. The van der Waals surface area contributed by atoms with Crippen LogP contribution in [0.5, 0.6) is 0 Å². The number of fused-ring (bicyclic) bond motifs is 1. The van der Waals surface area contributed by atoms with Gasteiger partial charge in [0.15, 0.2) is 0 Å². The molecular formula is C14H18N2O3S. The lowest BCUT2D eigenvalue weighted by Crippen LogP contribution is -2.45. The number of carbonyl (C=O) groups excluding carboxylic acids is 1. The van der Waals surface area contributed by atoms with E-state index in [1.807, 2.05) is 4.90 Å². The molecule has 1 aromatic rings. The van der Waals surface area contributed by atoms with Crippen molar-refractivity contribution in [3.8, 4) is 0 Å².